The van der Waals surface area contributed by atoms with Gasteiger partial charge in [0.1, 0.15) is 19.8 Å². The molecular weight excluding hydrogens is 392 g/mol. The monoisotopic (exact) mass is 414 g/mol. The molecule has 1 aromatic heterocycles. The fraction of sp³-hybridized carbons (Fsp3) is 0.333. The summed E-state index contributed by atoms with van der Waals surface area (Å²) in [6.07, 6.45) is 3.06. The topological polar surface area (TPSA) is 73.8 Å². The van der Waals surface area contributed by atoms with Crippen molar-refractivity contribution >= 4 is 35.0 Å². The summed E-state index contributed by atoms with van der Waals surface area (Å²) in [5, 5.41) is 0.563. The molecule has 7 nitrogen and oxygen atoms in total. The van der Waals surface area contributed by atoms with Crippen LogP contribution in [0.3, 0.4) is 0 Å². The molecule has 0 spiro atoms. The highest BCUT2D eigenvalue weighted by molar-refractivity contribution is 6.31. The van der Waals surface area contributed by atoms with Crippen molar-refractivity contribution < 1.29 is 14.4 Å². The summed E-state index contributed by atoms with van der Waals surface area (Å²) in [6.45, 7) is 5.52. The molecule has 8 heteroatoms. The first-order chi connectivity index (χ1) is 13.8. The van der Waals surface area contributed by atoms with E-state index in [1.165, 1.54) is 16.0 Å². The maximum Gasteiger partial charge on any atom is 0.256 e. The number of hydrogen-bond donors (Lipinski definition) is 0. The minimum atomic E-state index is -0.286. The average molecular weight is 415 g/mol. The Balaban J connectivity index is 1.74. The van der Waals surface area contributed by atoms with Crippen molar-refractivity contribution in [1.29, 1.82) is 0 Å². The van der Waals surface area contributed by atoms with E-state index in [4.69, 9.17) is 11.6 Å². The van der Waals surface area contributed by atoms with Gasteiger partial charge in [-0.25, -0.2) is 0 Å². The molecule has 152 valence electrons. The molecule has 0 bridgehead atoms. The van der Waals surface area contributed by atoms with Gasteiger partial charge in [-0.15, -0.1) is 0 Å². The number of aromatic nitrogens is 1. The first-order valence-electron chi connectivity index (χ1n) is 9.34. The summed E-state index contributed by atoms with van der Waals surface area (Å²) in [5.74, 6) is -0.737. The van der Waals surface area contributed by atoms with Crippen LogP contribution in [-0.2, 0) is 9.59 Å². The lowest BCUT2D eigenvalue weighted by Crippen LogP contribution is -2.45. The zero-order chi connectivity index (χ0) is 21.1. The van der Waals surface area contributed by atoms with Gasteiger partial charge < -0.3 is 9.80 Å². The van der Waals surface area contributed by atoms with Crippen LogP contribution in [0.5, 0.6) is 0 Å². The van der Waals surface area contributed by atoms with Crippen LogP contribution >= 0.6 is 11.6 Å². The van der Waals surface area contributed by atoms with Gasteiger partial charge in [-0.3, -0.25) is 24.3 Å². The summed E-state index contributed by atoms with van der Waals surface area (Å²) in [5.41, 5.74) is 1.89. The predicted octanol–water partition coefficient (Wildman–Crippen LogP) is 2.73. The van der Waals surface area contributed by atoms with Crippen LogP contribution in [-0.4, -0.2) is 58.3 Å². The third kappa shape index (κ3) is 4.40. The Labute approximate surface area is 174 Å². The second-order valence-electron chi connectivity index (χ2n) is 7.21. The quantitative estimate of drug-likeness (QED) is 0.754. The van der Waals surface area contributed by atoms with Crippen molar-refractivity contribution in [3.05, 3.63) is 58.9 Å². The fourth-order valence-electron chi connectivity index (χ4n) is 3.20. The van der Waals surface area contributed by atoms with E-state index in [1.807, 2.05) is 20.8 Å². The van der Waals surface area contributed by atoms with Crippen molar-refractivity contribution in [1.82, 2.24) is 14.8 Å². The van der Waals surface area contributed by atoms with Gasteiger partial charge in [0.25, 0.3) is 5.91 Å². The Bertz CT molecular complexity index is 933. The summed E-state index contributed by atoms with van der Waals surface area (Å²) in [7, 11) is 0. The highest BCUT2D eigenvalue weighted by Gasteiger charge is 2.34. The van der Waals surface area contributed by atoms with Gasteiger partial charge in [-0.05, 0) is 50.6 Å². The molecule has 0 unspecified atom stereocenters. The molecule has 1 aliphatic heterocycles. The molecular formula is C21H23ClN4O3. The minimum absolute atomic E-state index is 0.0300. The molecule has 0 radical (unpaired) electrons. The zero-order valence-corrected chi connectivity index (χ0v) is 17.4. The number of carbonyl (C=O) groups is 3. The molecule has 3 rings (SSSR count). The Morgan fingerprint density at radius 3 is 2.66 bits per heavy atom. The van der Waals surface area contributed by atoms with Crippen LogP contribution in [0.1, 0.15) is 29.8 Å². The molecule has 1 aromatic carbocycles. The summed E-state index contributed by atoms with van der Waals surface area (Å²) >= 11 is 6.17. The van der Waals surface area contributed by atoms with Gasteiger partial charge in [-0.2, -0.15) is 0 Å². The molecule has 2 aromatic rings. The van der Waals surface area contributed by atoms with Gasteiger partial charge in [0.15, 0.2) is 0 Å². The number of hydrogen-bond acceptors (Lipinski definition) is 4. The van der Waals surface area contributed by atoms with Gasteiger partial charge in [0.2, 0.25) is 11.8 Å². The first-order valence-corrected chi connectivity index (χ1v) is 9.71. The summed E-state index contributed by atoms with van der Waals surface area (Å²) in [6, 6.07) is 8.50. The highest BCUT2D eigenvalue weighted by Crippen LogP contribution is 2.28. The largest absolute Gasteiger partial charge is 0.327 e. The van der Waals surface area contributed by atoms with E-state index >= 15 is 0 Å². The Hall–Kier alpha value is -2.93. The van der Waals surface area contributed by atoms with Gasteiger partial charge in [0, 0.05) is 29.1 Å². The van der Waals surface area contributed by atoms with E-state index in [9.17, 15) is 14.4 Å². The number of rotatable bonds is 5. The van der Waals surface area contributed by atoms with Gasteiger partial charge in [-0.1, -0.05) is 17.7 Å². The van der Waals surface area contributed by atoms with Crippen LogP contribution in [0.4, 0.5) is 5.69 Å². The van der Waals surface area contributed by atoms with E-state index in [0.717, 1.165) is 5.56 Å². The molecule has 1 fully saturated rings. The van der Waals surface area contributed by atoms with Crippen LogP contribution in [0.25, 0.3) is 0 Å². The number of carbonyl (C=O) groups excluding carboxylic acids is 3. The van der Waals surface area contributed by atoms with Crippen molar-refractivity contribution in [3.8, 4) is 0 Å². The smallest absolute Gasteiger partial charge is 0.256 e. The van der Waals surface area contributed by atoms with E-state index in [-0.39, 0.29) is 43.5 Å². The zero-order valence-electron chi connectivity index (χ0n) is 16.6. The molecule has 1 aliphatic rings. The Kier molecular flexibility index (Phi) is 6.17. The maximum atomic E-state index is 12.9. The molecule has 3 amide bonds. The van der Waals surface area contributed by atoms with Crippen molar-refractivity contribution in [2.75, 3.05) is 24.7 Å². The highest BCUT2D eigenvalue weighted by atomic mass is 35.5. The number of nitrogens with zero attached hydrogens (tertiary/aromatic N) is 4. The summed E-state index contributed by atoms with van der Waals surface area (Å²) in [4.78, 5) is 46.6. The number of anilines is 1. The number of amides is 3. The lowest BCUT2D eigenvalue weighted by Gasteiger charge is -2.28. The van der Waals surface area contributed by atoms with E-state index in [0.29, 0.717) is 16.3 Å². The van der Waals surface area contributed by atoms with Crippen LogP contribution < -0.4 is 4.90 Å². The second kappa shape index (κ2) is 8.61. The van der Waals surface area contributed by atoms with Gasteiger partial charge in [0.05, 0.1) is 5.56 Å². The fourth-order valence-corrected chi connectivity index (χ4v) is 3.37. The molecule has 0 atom stereocenters. The minimum Gasteiger partial charge on any atom is -0.327 e. The van der Waals surface area contributed by atoms with Crippen molar-refractivity contribution in [2.24, 2.45) is 0 Å². The lowest BCUT2D eigenvalue weighted by molar-refractivity contribution is -0.132. The SMILES string of the molecule is Cc1c(Cl)cccc1N1CN(C(=O)CN(C(=O)c2cccnc2)C(C)C)CC1=O. The molecule has 0 N–H and O–H groups in total. The Morgan fingerprint density at radius 2 is 2.00 bits per heavy atom. The number of halogens is 1. The third-order valence-corrected chi connectivity index (χ3v) is 5.33. The van der Waals surface area contributed by atoms with Crippen LogP contribution in [0, 0.1) is 6.92 Å². The van der Waals surface area contributed by atoms with Crippen molar-refractivity contribution in [2.45, 2.75) is 26.8 Å². The number of pyridine rings is 1. The first kappa shape index (κ1) is 20.8. The van der Waals surface area contributed by atoms with Gasteiger partial charge >= 0.3 is 0 Å². The van der Waals surface area contributed by atoms with Crippen molar-refractivity contribution in [3.63, 3.8) is 0 Å². The van der Waals surface area contributed by atoms with E-state index in [2.05, 4.69) is 4.98 Å². The molecule has 0 saturated carbocycles. The van der Waals surface area contributed by atoms with E-state index < -0.39 is 0 Å². The lowest BCUT2D eigenvalue weighted by atomic mass is 10.2. The third-order valence-electron chi connectivity index (χ3n) is 4.92. The Morgan fingerprint density at radius 1 is 1.24 bits per heavy atom. The normalized spacial score (nSPS) is 13.9. The van der Waals surface area contributed by atoms with Crippen LogP contribution in [0.2, 0.25) is 5.02 Å². The van der Waals surface area contributed by atoms with E-state index in [1.54, 1.807) is 41.4 Å². The summed E-state index contributed by atoms with van der Waals surface area (Å²) < 4.78 is 0. The molecule has 29 heavy (non-hydrogen) atoms. The average Bonchev–Trinajstić information content (AvgIpc) is 3.09. The van der Waals surface area contributed by atoms with Crippen LogP contribution in [0.15, 0.2) is 42.7 Å². The standard InChI is InChI=1S/C21H23ClN4O3/c1-14(2)25(21(29)16-6-5-9-23-10-16)12-19(27)24-11-20(28)26(13-24)18-8-4-7-17(22)15(18)3/h4-10,14H,11-13H2,1-3H3. The number of benzene rings is 1. The molecule has 1 saturated heterocycles. The second-order valence-corrected chi connectivity index (χ2v) is 7.61. The predicted molar refractivity (Wildman–Crippen MR) is 111 cm³/mol. The molecule has 2 heterocycles. The maximum absolute atomic E-state index is 12.9. The molecule has 0 aliphatic carbocycles.